The molecule has 2 heterocycles. The van der Waals surface area contributed by atoms with Crippen LogP contribution >= 0.6 is 11.8 Å². The molecule has 0 aliphatic heterocycles. The van der Waals surface area contributed by atoms with Crippen molar-refractivity contribution in [3.63, 3.8) is 0 Å². The number of rotatable bonds is 9. The zero-order chi connectivity index (χ0) is 21.7. The van der Waals surface area contributed by atoms with Gasteiger partial charge in [0.25, 0.3) is 5.56 Å². The van der Waals surface area contributed by atoms with Crippen LogP contribution < -0.4 is 10.3 Å². The summed E-state index contributed by atoms with van der Waals surface area (Å²) in [6.45, 7) is 3.16. The summed E-state index contributed by atoms with van der Waals surface area (Å²) >= 11 is 1.42. The van der Waals surface area contributed by atoms with Crippen molar-refractivity contribution in [2.24, 2.45) is 0 Å². The number of H-pyrrole nitrogens is 1. The van der Waals surface area contributed by atoms with Gasteiger partial charge < -0.3 is 14.5 Å². The van der Waals surface area contributed by atoms with E-state index in [4.69, 9.17) is 9.47 Å². The maximum absolute atomic E-state index is 13.0. The Hall–Kier alpha value is -2.46. The molecule has 2 aromatic heterocycles. The minimum absolute atomic E-state index is 0.0677. The third-order valence-corrected chi connectivity index (χ3v) is 5.04. The van der Waals surface area contributed by atoms with Gasteiger partial charge in [0.05, 0.1) is 17.3 Å². The summed E-state index contributed by atoms with van der Waals surface area (Å²) in [5.41, 5.74) is 1.13. The number of hydrogen-bond donors (Lipinski definition) is 1. The molecule has 3 rings (SSSR count). The zero-order valence-corrected chi connectivity index (χ0v) is 17.3. The highest BCUT2D eigenvalue weighted by molar-refractivity contribution is 7.99. The van der Waals surface area contributed by atoms with Crippen molar-refractivity contribution in [3.05, 3.63) is 46.9 Å². The average molecular weight is 441 g/mol. The molecule has 6 nitrogen and oxygen atoms in total. The number of aromatic nitrogens is 3. The van der Waals surface area contributed by atoms with Gasteiger partial charge in [-0.1, -0.05) is 11.8 Å². The Morgan fingerprint density at radius 3 is 2.60 bits per heavy atom. The number of thioether (sulfide) groups is 1. The van der Waals surface area contributed by atoms with Gasteiger partial charge in [0.2, 0.25) is 0 Å². The molecule has 0 amide bonds. The smallest absolute Gasteiger partial charge is 0.422 e. The predicted molar refractivity (Wildman–Crippen MR) is 110 cm³/mol. The van der Waals surface area contributed by atoms with Crippen molar-refractivity contribution in [2.75, 3.05) is 19.0 Å². The second-order valence-corrected chi connectivity index (χ2v) is 7.85. The molecular formula is C20H22F3N3O3S. The van der Waals surface area contributed by atoms with Crippen molar-refractivity contribution < 1.29 is 22.6 Å². The topological polar surface area (TPSA) is 69.1 Å². The van der Waals surface area contributed by atoms with Crippen molar-refractivity contribution in [3.8, 4) is 11.4 Å². The average Bonchev–Trinajstić information content (AvgIpc) is 3.15. The lowest BCUT2D eigenvalue weighted by Crippen LogP contribution is -2.22. The summed E-state index contributed by atoms with van der Waals surface area (Å²) in [4.78, 5) is 20.5. The monoisotopic (exact) mass is 441 g/mol. The third-order valence-electron chi connectivity index (χ3n) is 4.02. The molecule has 0 unspecified atom stereocenters. The Morgan fingerprint density at radius 2 is 1.93 bits per heavy atom. The molecule has 10 heteroatoms. The molecule has 30 heavy (non-hydrogen) atoms. The van der Waals surface area contributed by atoms with E-state index in [0.717, 1.165) is 6.42 Å². The fourth-order valence-electron chi connectivity index (χ4n) is 2.70. The van der Waals surface area contributed by atoms with E-state index in [1.165, 1.54) is 40.6 Å². The van der Waals surface area contributed by atoms with Gasteiger partial charge in [0.1, 0.15) is 11.3 Å². The lowest BCUT2D eigenvalue weighted by atomic mass is 10.3. The number of halogens is 3. The standard InChI is InChI=1S/C20H22F3N3O3S/c1-13(2)28-10-3-11-30-19-25-16-8-9-24-17(16)18(27)26(19)14-4-6-15(7-5-14)29-12-20(21,22)23/h4-9,13,24H,3,10-12H2,1-2H3. The van der Waals surface area contributed by atoms with E-state index in [-0.39, 0.29) is 17.4 Å². The number of nitrogens with one attached hydrogen (secondary N) is 1. The van der Waals surface area contributed by atoms with Crippen LogP contribution in [0.25, 0.3) is 16.7 Å². The minimum Gasteiger partial charge on any atom is -0.484 e. The van der Waals surface area contributed by atoms with Crippen LogP contribution in [-0.4, -0.2) is 45.8 Å². The second-order valence-electron chi connectivity index (χ2n) is 6.79. The van der Waals surface area contributed by atoms with Crippen LogP contribution in [0.2, 0.25) is 0 Å². The Bertz CT molecular complexity index is 1030. The quantitative estimate of drug-likeness (QED) is 0.300. The molecule has 0 aliphatic carbocycles. The SMILES string of the molecule is CC(C)OCCCSc1nc2cc[nH]c2c(=O)n1-c1ccc(OCC(F)(F)F)cc1. The van der Waals surface area contributed by atoms with E-state index >= 15 is 0 Å². The Labute approximate surface area is 175 Å². The van der Waals surface area contributed by atoms with Gasteiger partial charge in [-0.05, 0) is 50.6 Å². The molecular weight excluding hydrogens is 419 g/mol. The molecule has 1 N–H and O–H groups in total. The van der Waals surface area contributed by atoms with Crippen LogP contribution in [-0.2, 0) is 4.74 Å². The summed E-state index contributed by atoms with van der Waals surface area (Å²) in [6.07, 6.45) is -1.83. The van der Waals surface area contributed by atoms with Gasteiger partial charge in [-0.2, -0.15) is 13.2 Å². The van der Waals surface area contributed by atoms with Crippen molar-refractivity contribution in [1.29, 1.82) is 0 Å². The van der Waals surface area contributed by atoms with Gasteiger partial charge in [-0.25, -0.2) is 4.98 Å². The summed E-state index contributed by atoms with van der Waals surface area (Å²) in [5, 5.41) is 0.501. The number of aromatic amines is 1. The summed E-state index contributed by atoms with van der Waals surface area (Å²) in [7, 11) is 0. The van der Waals surface area contributed by atoms with Gasteiger partial charge in [-0.15, -0.1) is 0 Å². The van der Waals surface area contributed by atoms with Crippen molar-refractivity contribution >= 4 is 22.8 Å². The lowest BCUT2D eigenvalue weighted by Gasteiger charge is -2.14. The van der Waals surface area contributed by atoms with Crippen LogP contribution in [0, 0.1) is 0 Å². The molecule has 0 fully saturated rings. The highest BCUT2D eigenvalue weighted by Gasteiger charge is 2.28. The number of alkyl halides is 3. The number of ether oxygens (including phenoxy) is 2. The predicted octanol–water partition coefficient (Wildman–Crippen LogP) is 4.56. The van der Waals surface area contributed by atoms with Crippen LogP contribution in [0.15, 0.2) is 46.5 Å². The highest BCUT2D eigenvalue weighted by Crippen LogP contribution is 2.24. The number of hydrogen-bond acceptors (Lipinski definition) is 5. The Morgan fingerprint density at radius 1 is 1.20 bits per heavy atom. The first-order valence-corrected chi connectivity index (χ1v) is 10.4. The van der Waals surface area contributed by atoms with Crippen LogP contribution in [0.1, 0.15) is 20.3 Å². The van der Waals surface area contributed by atoms with Crippen LogP contribution in [0.4, 0.5) is 13.2 Å². The summed E-state index contributed by atoms with van der Waals surface area (Å²) < 4.78 is 48.7. The highest BCUT2D eigenvalue weighted by atomic mass is 32.2. The molecule has 0 saturated carbocycles. The number of benzene rings is 1. The third kappa shape index (κ3) is 5.79. The fourth-order valence-corrected chi connectivity index (χ4v) is 3.63. The van der Waals surface area contributed by atoms with E-state index < -0.39 is 12.8 Å². The van der Waals surface area contributed by atoms with E-state index in [1.807, 2.05) is 13.8 Å². The maximum atomic E-state index is 13.0. The van der Waals surface area contributed by atoms with E-state index in [0.29, 0.717) is 34.2 Å². The first-order chi connectivity index (χ1) is 14.2. The summed E-state index contributed by atoms with van der Waals surface area (Å²) in [5.74, 6) is 0.764. The van der Waals surface area contributed by atoms with Crippen molar-refractivity contribution in [2.45, 2.75) is 37.7 Å². The molecule has 1 aromatic carbocycles. The molecule has 0 aliphatic rings. The van der Waals surface area contributed by atoms with Crippen LogP contribution in [0.5, 0.6) is 5.75 Å². The first kappa shape index (κ1) is 22.2. The van der Waals surface area contributed by atoms with E-state index in [1.54, 1.807) is 12.3 Å². The molecule has 0 spiro atoms. The molecule has 162 valence electrons. The Balaban J connectivity index is 1.84. The maximum Gasteiger partial charge on any atom is 0.422 e. The van der Waals surface area contributed by atoms with Gasteiger partial charge in [0.15, 0.2) is 11.8 Å². The first-order valence-electron chi connectivity index (χ1n) is 9.39. The Kier molecular flexibility index (Phi) is 7.09. The van der Waals surface area contributed by atoms with Crippen molar-refractivity contribution in [1.82, 2.24) is 14.5 Å². The van der Waals surface area contributed by atoms with E-state index in [9.17, 15) is 18.0 Å². The number of nitrogens with zero attached hydrogens (tertiary/aromatic N) is 2. The largest absolute Gasteiger partial charge is 0.484 e. The number of fused-ring (bicyclic) bond motifs is 1. The van der Waals surface area contributed by atoms with E-state index in [2.05, 4.69) is 9.97 Å². The zero-order valence-electron chi connectivity index (χ0n) is 16.5. The van der Waals surface area contributed by atoms with Gasteiger partial charge >= 0.3 is 6.18 Å². The lowest BCUT2D eigenvalue weighted by molar-refractivity contribution is -0.153. The van der Waals surface area contributed by atoms with Gasteiger partial charge in [0, 0.05) is 18.6 Å². The molecule has 0 saturated heterocycles. The molecule has 0 atom stereocenters. The second kappa shape index (κ2) is 9.57. The van der Waals surface area contributed by atoms with Gasteiger partial charge in [-0.3, -0.25) is 9.36 Å². The molecule has 3 aromatic rings. The molecule has 0 bridgehead atoms. The fraction of sp³-hybridized carbons (Fsp3) is 0.400. The normalized spacial score (nSPS) is 12.1. The molecule has 0 radical (unpaired) electrons. The van der Waals surface area contributed by atoms with Crippen LogP contribution in [0.3, 0.4) is 0 Å². The minimum atomic E-state index is -4.42. The summed E-state index contributed by atoms with van der Waals surface area (Å²) in [6, 6.07) is 7.60.